The molecule has 1 N–H and O–H groups in total. The molecule has 2 aromatic carbocycles. The molecule has 2 rings (SSSR count). The molecule has 0 atom stereocenters. The molecule has 0 amide bonds. The number of ether oxygens (including phenoxy) is 2. The topological polar surface area (TPSA) is 64.6 Å². The minimum atomic E-state index is -3.71. The first-order valence-electron chi connectivity index (χ1n) is 7.87. The van der Waals surface area contributed by atoms with Crippen molar-refractivity contribution in [1.29, 1.82) is 0 Å². The normalized spacial score (nSPS) is 11.2. The largest absolute Gasteiger partial charge is 0.494 e. The molecule has 0 saturated heterocycles. The first-order valence-corrected chi connectivity index (χ1v) is 9.35. The molecule has 6 heteroatoms. The second kappa shape index (κ2) is 7.57. The standard InChI is InChI=1S/C18H23NO4S/c1-5-22-15-8-10-18(23-6-2)17(12-15)19-24(20,21)16-9-7-13(3)14(4)11-16/h7-12,19H,5-6H2,1-4H3. The van der Waals surface area contributed by atoms with E-state index in [2.05, 4.69) is 4.72 Å². The van der Waals surface area contributed by atoms with Gasteiger partial charge >= 0.3 is 0 Å². The summed E-state index contributed by atoms with van der Waals surface area (Å²) >= 11 is 0. The van der Waals surface area contributed by atoms with Crippen LogP contribution in [0.4, 0.5) is 5.69 Å². The molecule has 0 saturated carbocycles. The summed E-state index contributed by atoms with van der Waals surface area (Å²) in [5, 5.41) is 0. The zero-order valence-electron chi connectivity index (χ0n) is 14.4. The Kier molecular flexibility index (Phi) is 5.72. The Labute approximate surface area is 143 Å². The average molecular weight is 349 g/mol. The summed E-state index contributed by atoms with van der Waals surface area (Å²) in [5.41, 5.74) is 2.33. The Morgan fingerprint density at radius 1 is 0.917 bits per heavy atom. The van der Waals surface area contributed by atoms with E-state index in [0.717, 1.165) is 11.1 Å². The number of anilines is 1. The summed E-state index contributed by atoms with van der Waals surface area (Å²) < 4.78 is 38.9. The van der Waals surface area contributed by atoms with Crippen LogP contribution in [0.3, 0.4) is 0 Å². The van der Waals surface area contributed by atoms with Crippen molar-refractivity contribution in [1.82, 2.24) is 0 Å². The van der Waals surface area contributed by atoms with Crippen molar-refractivity contribution in [3.63, 3.8) is 0 Å². The van der Waals surface area contributed by atoms with Gasteiger partial charge in [-0.15, -0.1) is 0 Å². The number of aryl methyl sites for hydroxylation is 2. The average Bonchev–Trinajstić information content (AvgIpc) is 2.52. The lowest BCUT2D eigenvalue weighted by Crippen LogP contribution is -2.14. The van der Waals surface area contributed by atoms with Crippen LogP contribution in [0.25, 0.3) is 0 Å². The molecular formula is C18H23NO4S. The maximum absolute atomic E-state index is 12.7. The number of rotatable bonds is 7. The summed E-state index contributed by atoms with van der Waals surface area (Å²) in [7, 11) is -3.71. The van der Waals surface area contributed by atoms with Gasteiger partial charge in [-0.3, -0.25) is 4.72 Å². The van der Waals surface area contributed by atoms with Crippen molar-refractivity contribution in [3.05, 3.63) is 47.5 Å². The van der Waals surface area contributed by atoms with E-state index in [9.17, 15) is 8.42 Å². The molecule has 2 aromatic rings. The molecule has 0 fully saturated rings. The van der Waals surface area contributed by atoms with Crippen molar-refractivity contribution >= 4 is 15.7 Å². The van der Waals surface area contributed by atoms with Gasteiger partial charge in [0, 0.05) is 6.07 Å². The van der Waals surface area contributed by atoms with Crippen LogP contribution in [-0.4, -0.2) is 21.6 Å². The van der Waals surface area contributed by atoms with Gasteiger partial charge in [-0.1, -0.05) is 6.07 Å². The van der Waals surface area contributed by atoms with Crippen LogP contribution in [0.15, 0.2) is 41.3 Å². The SMILES string of the molecule is CCOc1ccc(OCC)c(NS(=O)(=O)c2ccc(C)c(C)c2)c1. The van der Waals surface area contributed by atoms with Crippen LogP contribution < -0.4 is 14.2 Å². The van der Waals surface area contributed by atoms with Gasteiger partial charge in [0.15, 0.2) is 0 Å². The Morgan fingerprint density at radius 2 is 1.62 bits per heavy atom. The molecule has 130 valence electrons. The monoisotopic (exact) mass is 349 g/mol. The van der Waals surface area contributed by atoms with Crippen LogP contribution in [-0.2, 0) is 10.0 Å². The fourth-order valence-electron chi connectivity index (χ4n) is 2.21. The minimum Gasteiger partial charge on any atom is -0.494 e. The zero-order valence-corrected chi connectivity index (χ0v) is 15.2. The second-order valence-electron chi connectivity index (χ2n) is 5.38. The number of sulfonamides is 1. The maximum Gasteiger partial charge on any atom is 0.262 e. The van der Waals surface area contributed by atoms with Crippen molar-refractivity contribution in [2.24, 2.45) is 0 Å². The number of benzene rings is 2. The van der Waals surface area contributed by atoms with Crippen molar-refractivity contribution in [3.8, 4) is 11.5 Å². The summed E-state index contributed by atoms with van der Waals surface area (Å²) in [5.74, 6) is 1.05. The first kappa shape index (κ1) is 18.1. The third kappa shape index (κ3) is 4.20. The molecule has 5 nitrogen and oxygen atoms in total. The third-order valence-electron chi connectivity index (χ3n) is 3.59. The highest BCUT2D eigenvalue weighted by atomic mass is 32.2. The van der Waals surface area contributed by atoms with Crippen LogP contribution in [0, 0.1) is 13.8 Å². The van der Waals surface area contributed by atoms with E-state index in [0.29, 0.717) is 30.4 Å². The Morgan fingerprint density at radius 3 is 2.25 bits per heavy atom. The van der Waals surface area contributed by atoms with E-state index in [1.54, 1.807) is 36.4 Å². The lowest BCUT2D eigenvalue weighted by atomic mass is 10.1. The van der Waals surface area contributed by atoms with Crippen LogP contribution in [0.2, 0.25) is 0 Å². The molecule has 0 radical (unpaired) electrons. The highest BCUT2D eigenvalue weighted by Gasteiger charge is 2.18. The number of hydrogen-bond acceptors (Lipinski definition) is 4. The highest BCUT2D eigenvalue weighted by Crippen LogP contribution is 2.31. The molecule has 0 aliphatic rings. The first-order chi connectivity index (χ1) is 11.4. The van der Waals surface area contributed by atoms with Gasteiger partial charge in [-0.05, 0) is 63.1 Å². The maximum atomic E-state index is 12.7. The van der Waals surface area contributed by atoms with Crippen molar-refractivity contribution in [2.75, 3.05) is 17.9 Å². The minimum absolute atomic E-state index is 0.217. The quantitative estimate of drug-likeness (QED) is 0.823. The van der Waals surface area contributed by atoms with Crippen LogP contribution in [0.1, 0.15) is 25.0 Å². The number of hydrogen-bond donors (Lipinski definition) is 1. The third-order valence-corrected chi connectivity index (χ3v) is 4.96. The molecule has 0 aliphatic heterocycles. The molecule has 0 aliphatic carbocycles. The number of nitrogens with one attached hydrogen (secondary N) is 1. The van der Waals surface area contributed by atoms with E-state index in [-0.39, 0.29) is 4.90 Å². The molecule has 0 heterocycles. The van der Waals surface area contributed by atoms with Gasteiger partial charge in [0.05, 0.1) is 23.8 Å². The predicted molar refractivity (Wildman–Crippen MR) is 95.5 cm³/mol. The summed E-state index contributed by atoms with van der Waals surface area (Å²) in [6, 6.07) is 10.1. The van der Waals surface area contributed by atoms with Gasteiger partial charge < -0.3 is 9.47 Å². The molecule has 0 aromatic heterocycles. The fraction of sp³-hybridized carbons (Fsp3) is 0.333. The summed E-state index contributed by atoms with van der Waals surface area (Å²) in [6.45, 7) is 8.48. The zero-order chi connectivity index (χ0) is 17.7. The van der Waals surface area contributed by atoms with Gasteiger partial charge in [0.2, 0.25) is 0 Å². The van der Waals surface area contributed by atoms with E-state index < -0.39 is 10.0 Å². The second-order valence-corrected chi connectivity index (χ2v) is 7.06. The predicted octanol–water partition coefficient (Wildman–Crippen LogP) is 3.90. The summed E-state index contributed by atoms with van der Waals surface area (Å²) in [4.78, 5) is 0.217. The van der Waals surface area contributed by atoms with Crippen LogP contribution in [0.5, 0.6) is 11.5 Å². The van der Waals surface area contributed by atoms with Gasteiger partial charge in [0.1, 0.15) is 11.5 Å². The fourth-order valence-corrected chi connectivity index (χ4v) is 3.36. The lowest BCUT2D eigenvalue weighted by Gasteiger charge is -2.15. The van der Waals surface area contributed by atoms with Crippen molar-refractivity contribution in [2.45, 2.75) is 32.6 Å². The van der Waals surface area contributed by atoms with Crippen molar-refractivity contribution < 1.29 is 17.9 Å². The molecular weight excluding hydrogens is 326 g/mol. The molecule has 0 spiro atoms. The van der Waals surface area contributed by atoms with E-state index in [4.69, 9.17) is 9.47 Å². The summed E-state index contributed by atoms with van der Waals surface area (Å²) in [6.07, 6.45) is 0. The van der Waals surface area contributed by atoms with E-state index in [1.807, 2.05) is 27.7 Å². The molecule has 24 heavy (non-hydrogen) atoms. The Balaban J connectivity index is 2.39. The Hall–Kier alpha value is -2.21. The van der Waals surface area contributed by atoms with E-state index >= 15 is 0 Å². The lowest BCUT2D eigenvalue weighted by molar-refractivity contribution is 0.332. The van der Waals surface area contributed by atoms with E-state index in [1.165, 1.54) is 0 Å². The van der Waals surface area contributed by atoms with Gasteiger partial charge in [0.25, 0.3) is 10.0 Å². The smallest absolute Gasteiger partial charge is 0.262 e. The molecule has 0 unspecified atom stereocenters. The van der Waals surface area contributed by atoms with Gasteiger partial charge in [-0.25, -0.2) is 8.42 Å². The highest BCUT2D eigenvalue weighted by molar-refractivity contribution is 7.92. The molecule has 0 bridgehead atoms. The van der Waals surface area contributed by atoms with Crippen LogP contribution >= 0.6 is 0 Å². The Bertz CT molecular complexity index is 816. The van der Waals surface area contributed by atoms with Gasteiger partial charge in [-0.2, -0.15) is 0 Å².